The van der Waals surface area contributed by atoms with Gasteiger partial charge in [0, 0.05) is 12.6 Å². The van der Waals surface area contributed by atoms with Crippen molar-refractivity contribution in [3.8, 4) is 11.8 Å². The molecular formula is C26H30N2O2. The highest BCUT2D eigenvalue weighted by molar-refractivity contribution is 6.02. The van der Waals surface area contributed by atoms with Crippen molar-refractivity contribution in [2.75, 3.05) is 0 Å². The maximum atomic E-state index is 13.4. The molecule has 30 heavy (non-hydrogen) atoms. The molecule has 0 aromatic heterocycles. The smallest absolute Gasteiger partial charge is 0.173 e. The molecule has 1 saturated carbocycles. The molecule has 1 aliphatic heterocycles. The molecule has 1 fully saturated rings. The van der Waals surface area contributed by atoms with Crippen LogP contribution in [0, 0.1) is 17.2 Å². The Morgan fingerprint density at radius 3 is 2.70 bits per heavy atom. The molecule has 1 unspecified atom stereocenters. The van der Waals surface area contributed by atoms with E-state index in [4.69, 9.17) is 10.00 Å². The van der Waals surface area contributed by atoms with Gasteiger partial charge in [-0.15, -0.1) is 0 Å². The van der Waals surface area contributed by atoms with Gasteiger partial charge in [-0.05, 0) is 81.7 Å². The van der Waals surface area contributed by atoms with E-state index in [9.17, 15) is 4.79 Å². The van der Waals surface area contributed by atoms with Gasteiger partial charge in [0.15, 0.2) is 5.78 Å². The summed E-state index contributed by atoms with van der Waals surface area (Å²) in [6.45, 7) is 9.79. The van der Waals surface area contributed by atoms with Gasteiger partial charge in [-0.3, -0.25) is 9.79 Å². The number of nitrogens with zero attached hydrogens (tertiary/aromatic N) is 2. The van der Waals surface area contributed by atoms with Crippen molar-refractivity contribution in [1.29, 1.82) is 5.26 Å². The van der Waals surface area contributed by atoms with Crippen molar-refractivity contribution in [2.24, 2.45) is 10.9 Å². The van der Waals surface area contributed by atoms with Crippen LogP contribution < -0.4 is 4.74 Å². The Kier molecular flexibility index (Phi) is 6.72. The zero-order chi connectivity index (χ0) is 21.7. The molecule has 0 radical (unpaired) electrons. The fourth-order valence-electron chi connectivity index (χ4n) is 4.79. The summed E-state index contributed by atoms with van der Waals surface area (Å²) in [4.78, 5) is 17.9. The maximum absolute atomic E-state index is 13.4. The van der Waals surface area contributed by atoms with E-state index >= 15 is 0 Å². The number of nitriles is 1. The summed E-state index contributed by atoms with van der Waals surface area (Å²) < 4.78 is 6.58. The van der Waals surface area contributed by atoms with E-state index in [1.54, 1.807) is 12.3 Å². The first-order chi connectivity index (χ1) is 14.5. The highest BCUT2D eigenvalue weighted by Gasteiger charge is 2.50. The first-order valence-electron chi connectivity index (χ1n) is 10.7. The Morgan fingerprint density at radius 1 is 1.37 bits per heavy atom. The summed E-state index contributed by atoms with van der Waals surface area (Å²) in [6, 6.07) is 8.00. The Balaban J connectivity index is 2.08. The highest BCUT2D eigenvalue weighted by Crippen LogP contribution is 2.48. The quantitative estimate of drug-likeness (QED) is 0.406. The van der Waals surface area contributed by atoms with E-state index < -0.39 is 5.60 Å². The zero-order valence-corrected chi connectivity index (χ0v) is 18.2. The number of hydrogen-bond donors (Lipinski definition) is 0. The average Bonchev–Trinajstić information content (AvgIpc) is 3.21. The first-order valence-corrected chi connectivity index (χ1v) is 10.7. The zero-order valence-electron chi connectivity index (χ0n) is 18.2. The average molecular weight is 403 g/mol. The number of rotatable bonds is 6. The van der Waals surface area contributed by atoms with Crippen molar-refractivity contribution in [1.82, 2.24) is 0 Å². The number of ketones is 1. The fraction of sp³-hybridized carbons (Fsp3) is 0.423. The minimum atomic E-state index is -0.461. The van der Waals surface area contributed by atoms with E-state index in [0.29, 0.717) is 24.2 Å². The van der Waals surface area contributed by atoms with Crippen molar-refractivity contribution < 1.29 is 9.53 Å². The second-order valence-corrected chi connectivity index (χ2v) is 8.01. The number of allylic oxidation sites excluding steroid dienone is 3. The number of carbonyl (C=O) groups is 1. The van der Waals surface area contributed by atoms with E-state index in [0.717, 1.165) is 48.1 Å². The molecule has 3 rings (SSSR count). The van der Waals surface area contributed by atoms with Crippen molar-refractivity contribution in [3.05, 3.63) is 59.3 Å². The van der Waals surface area contributed by atoms with Crippen LogP contribution >= 0.6 is 0 Å². The van der Waals surface area contributed by atoms with E-state index in [2.05, 4.69) is 17.6 Å². The minimum absolute atomic E-state index is 0.119. The third-order valence-electron chi connectivity index (χ3n) is 6.36. The summed E-state index contributed by atoms with van der Waals surface area (Å²) in [6.07, 6.45) is 10.4. The number of benzene rings is 1. The number of hydrogen-bond acceptors (Lipinski definition) is 4. The summed E-state index contributed by atoms with van der Waals surface area (Å²) >= 11 is 0. The molecule has 156 valence electrons. The topological polar surface area (TPSA) is 62.4 Å². The largest absolute Gasteiger partial charge is 0.486 e. The van der Waals surface area contributed by atoms with Crippen LogP contribution in [-0.2, 0) is 0 Å². The lowest BCUT2D eigenvalue weighted by Gasteiger charge is -2.41. The van der Waals surface area contributed by atoms with Gasteiger partial charge in [0.1, 0.15) is 11.4 Å². The molecule has 1 aliphatic carbocycles. The van der Waals surface area contributed by atoms with Gasteiger partial charge >= 0.3 is 0 Å². The molecule has 1 atom stereocenters. The van der Waals surface area contributed by atoms with Crippen LogP contribution in [0.2, 0.25) is 0 Å². The Hall–Kier alpha value is -2.93. The van der Waals surface area contributed by atoms with Gasteiger partial charge in [-0.1, -0.05) is 24.8 Å². The Bertz CT molecular complexity index is 969. The summed E-state index contributed by atoms with van der Waals surface area (Å²) in [7, 11) is 0. The molecule has 4 nitrogen and oxygen atoms in total. The number of aliphatic imine (C=N–C) groups is 1. The second kappa shape index (κ2) is 9.26. The van der Waals surface area contributed by atoms with Gasteiger partial charge in [-0.25, -0.2) is 0 Å². The van der Waals surface area contributed by atoms with Crippen molar-refractivity contribution in [2.45, 2.75) is 64.9 Å². The monoisotopic (exact) mass is 402 g/mol. The van der Waals surface area contributed by atoms with Crippen LogP contribution in [-0.4, -0.2) is 17.6 Å². The minimum Gasteiger partial charge on any atom is -0.486 e. The molecule has 1 heterocycles. The third-order valence-corrected chi connectivity index (χ3v) is 6.36. The van der Waals surface area contributed by atoms with E-state index in [-0.39, 0.29) is 11.7 Å². The molecule has 2 aliphatic rings. The molecule has 4 heteroatoms. The third kappa shape index (κ3) is 3.89. The molecule has 0 saturated heterocycles. The molecule has 0 N–H and O–H groups in total. The van der Waals surface area contributed by atoms with Gasteiger partial charge in [0.05, 0.1) is 23.2 Å². The number of fused-ring (bicyclic) bond motifs is 1. The summed E-state index contributed by atoms with van der Waals surface area (Å²) in [5.74, 6) is 0.548. The van der Waals surface area contributed by atoms with Crippen LogP contribution in [0.1, 0.15) is 75.2 Å². The van der Waals surface area contributed by atoms with E-state index in [1.807, 2.05) is 45.0 Å². The van der Waals surface area contributed by atoms with E-state index in [1.165, 1.54) is 0 Å². The standard InChI is InChI=1S/C26H30N2O2/c1-5-19(6-2)24(28-7-3)18(4)20-12-13-21-23(17-20)30-26(14-8-9-15-26)22(25(21)29)11-10-16-27/h5-7,12-13,17,22H,1,8-11,14-15H2,2-4H3/b19-6-,24-18-,28-7?. The fourth-order valence-corrected chi connectivity index (χ4v) is 4.79. The molecule has 0 bridgehead atoms. The first kappa shape index (κ1) is 21.8. The van der Waals surface area contributed by atoms with Crippen LogP contribution in [0.3, 0.4) is 0 Å². The molecular weight excluding hydrogens is 372 g/mol. The van der Waals surface area contributed by atoms with Crippen molar-refractivity contribution >= 4 is 17.6 Å². The Labute approximate surface area is 179 Å². The predicted molar refractivity (Wildman–Crippen MR) is 122 cm³/mol. The van der Waals surface area contributed by atoms with Gasteiger partial charge < -0.3 is 4.74 Å². The number of carbonyl (C=O) groups excluding carboxylic acids is 1. The normalized spacial score (nSPS) is 21.2. The SMILES string of the molecule is C=CC(=C/C)/C(N=CC)=C(\C)c1ccc2c(c1)OC1(CCCC1)C(CCC#N)C2=O. The lowest BCUT2D eigenvalue weighted by atomic mass is 9.75. The summed E-state index contributed by atoms with van der Waals surface area (Å²) in [5.41, 5.74) is 3.97. The molecule has 0 amide bonds. The maximum Gasteiger partial charge on any atom is 0.173 e. The predicted octanol–water partition coefficient (Wildman–Crippen LogP) is 6.45. The van der Waals surface area contributed by atoms with Gasteiger partial charge in [-0.2, -0.15) is 5.26 Å². The number of ether oxygens (including phenoxy) is 1. The van der Waals surface area contributed by atoms with Gasteiger partial charge in [0.2, 0.25) is 0 Å². The second-order valence-electron chi connectivity index (χ2n) is 8.01. The molecule has 1 spiro atoms. The lowest BCUT2D eigenvalue weighted by molar-refractivity contribution is 0.00313. The Morgan fingerprint density at radius 2 is 2.10 bits per heavy atom. The van der Waals surface area contributed by atoms with Crippen LogP contribution in [0.15, 0.2) is 53.2 Å². The highest BCUT2D eigenvalue weighted by atomic mass is 16.5. The van der Waals surface area contributed by atoms with Crippen molar-refractivity contribution in [3.63, 3.8) is 0 Å². The lowest BCUT2D eigenvalue weighted by Crippen LogP contribution is -2.48. The van der Waals surface area contributed by atoms with Gasteiger partial charge in [0.25, 0.3) is 0 Å². The summed E-state index contributed by atoms with van der Waals surface area (Å²) in [5, 5.41) is 9.06. The molecule has 1 aromatic rings. The van der Waals surface area contributed by atoms with Crippen LogP contribution in [0.25, 0.3) is 5.57 Å². The van der Waals surface area contributed by atoms with Crippen LogP contribution in [0.5, 0.6) is 5.75 Å². The molecule has 1 aromatic carbocycles. The van der Waals surface area contributed by atoms with Crippen LogP contribution in [0.4, 0.5) is 0 Å². The number of Topliss-reactive ketones (excluding diaryl/α,β-unsaturated/α-hetero) is 1.